The third-order valence-corrected chi connectivity index (χ3v) is 5.75. The first-order valence-corrected chi connectivity index (χ1v) is 7.36. The van der Waals surface area contributed by atoms with E-state index in [0.717, 1.165) is 12.8 Å². The van der Waals surface area contributed by atoms with Gasteiger partial charge >= 0.3 is 0 Å². The molecule has 2 bridgehead atoms. The summed E-state index contributed by atoms with van der Waals surface area (Å²) < 4.78 is 5.32. The Kier molecular flexibility index (Phi) is 2.91. The summed E-state index contributed by atoms with van der Waals surface area (Å²) in [5.74, 6) is 0.257. The molecule has 1 saturated heterocycles. The fourth-order valence-corrected chi connectivity index (χ4v) is 3.86. The number of ether oxygens (including phenoxy) is 1. The Hall–Kier alpha value is -1.84. The van der Waals surface area contributed by atoms with E-state index in [1.165, 1.54) is 4.90 Å². The number of carbonyl (C=O) groups is 2. The molecule has 2 atom stereocenters. The van der Waals surface area contributed by atoms with Gasteiger partial charge in [-0.25, -0.2) is 4.90 Å². The van der Waals surface area contributed by atoms with Gasteiger partial charge in [0.25, 0.3) is 0 Å². The lowest BCUT2D eigenvalue weighted by Crippen LogP contribution is -2.59. The van der Waals surface area contributed by atoms with E-state index in [4.69, 9.17) is 4.74 Å². The molecule has 1 heterocycles. The van der Waals surface area contributed by atoms with E-state index in [-0.39, 0.29) is 23.1 Å². The molecule has 4 nitrogen and oxygen atoms in total. The van der Waals surface area contributed by atoms with Crippen LogP contribution < -0.4 is 9.64 Å². The Labute approximate surface area is 125 Å². The van der Waals surface area contributed by atoms with Crippen molar-refractivity contribution in [3.8, 4) is 5.75 Å². The number of carbonyl (C=O) groups excluding carboxylic acids is 2. The van der Waals surface area contributed by atoms with Crippen LogP contribution in [0, 0.1) is 16.7 Å². The SMILES string of the molecule is COc1ccccc1N1C(=O)[C@H]2CC[C@](C)(C1=O)C2(C)C. The zero-order chi connectivity index (χ0) is 15.4. The van der Waals surface area contributed by atoms with Crippen molar-refractivity contribution in [2.24, 2.45) is 16.7 Å². The van der Waals surface area contributed by atoms with E-state index in [1.54, 1.807) is 19.2 Å². The number of fused-ring (bicyclic) bond motifs is 2. The molecule has 3 rings (SSSR count). The summed E-state index contributed by atoms with van der Waals surface area (Å²) in [4.78, 5) is 27.3. The zero-order valence-electron chi connectivity index (χ0n) is 13.0. The predicted octanol–water partition coefficient (Wildman–Crippen LogP) is 3.01. The maximum Gasteiger partial charge on any atom is 0.240 e. The minimum absolute atomic E-state index is 0.0931. The van der Waals surface area contributed by atoms with Gasteiger partial charge in [-0.1, -0.05) is 32.9 Å². The number of para-hydroxylation sites is 2. The molecule has 0 aromatic heterocycles. The van der Waals surface area contributed by atoms with Crippen molar-refractivity contribution in [2.75, 3.05) is 12.0 Å². The second-order valence-corrected chi connectivity index (χ2v) is 6.80. The van der Waals surface area contributed by atoms with E-state index in [2.05, 4.69) is 0 Å². The van der Waals surface area contributed by atoms with Gasteiger partial charge in [0.1, 0.15) is 5.75 Å². The lowest BCUT2D eigenvalue weighted by atomic mass is 9.62. The van der Waals surface area contributed by atoms with Crippen molar-refractivity contribution in [3.63, 3.8) is 0 Å². The molecule has 1 aromatic rings. The topological polar surface area (TPSA) is 46.6 Å². The van der Waals surface area contributed by atoms with Crippen molar-refractivity contribution < 1.29 is 14.3 Å². The van der Waals surface area contributed by atoms with Crippen LogP contribution in [0.2, 0.25) is 0 Å². The smallest absolute Gasteiger partial charge is 0.240 e. The van der Waals surface area contributed by atoms with Gasteiger partial charge in [-0.05, 0) is 30.4 Å². The first-order valence-electron chi connectivity index (χ1n) is 7.36. The van der Waals surface area contributed by atoms with Gasteiger partial charge in [-0.2, -0.15) is 0 Å². The average Bonchev–Trinajstić information content (AvgIpc) is 2.64. The molecular formula is C17H21NO3. The third kappa shape index (κ3) is 1.62. The van der Waals surface area contributed by atoms with Crippen molar-refractivity contribution in [1.82, 2.24) is 0 Å². The highest BCUT2D eigenvalue weighted by atomic mass is 16.5. The molecule has 112 valence electrons. The molecule has 2 aliphatic rings. The molecular weight excluding hydrogens is 266 g/mol. The van der Waals surface area contributed by atoms with E-state index in [1.807, 2.05) is 32.9 Å². The standard InChI is InChI=1S/C17H21NO3/c1-16(2)11-9-10-17(16,3)15(20)18(14(11)19)12-7-5-6-8-13(12)21-4/h5-8,11H,9-10H2,1-4H3/t11-,17-/m1/s1. The van der Waals surface area contributed by atoms with E-state index >= 15 is 0 Å². The van der Waals surface area contributed by atoms with Crippen molar-refractivity contribution in [1.29, 1.82) is 0 Å². The molecule has 1 aromatic carbocycles. The van der Waals surface area contributed by atoms with Crippen LogP contribution in [-0.2, 0) is 9.59 Å². The van der Waals surface area contributed by atoms with Crippen LogP contribution in [0.4, 0.5) is 5.69 Å². The number of amides is 2. The summed E-state index contributed by atoms with van der Waals surface area (Å²) in [6.45, 7) is 6.07. The highest BCUT2D eigenvalue weighted by molar-refractivity contribution is 6.21. The van der Waals surface area contributed by atoms with Gasteiger partial charge < -0.3 is 4.74 Å². The van der Waals surface area contributed by atoms with Gasteiger partial charge in [0.15, 0.2) is 0 Å². The fraction of sp³-hybridized carbons (Fsp3) is 0.529. The molecule has 4 heteroatoms. The van der Waals surface area contributed by atoms with Crippen LogP contribution in [0.1, 0.15) is 33.6 Å². The Morgan fingerprint density at radius 1 is 1.19 bits per heavy atom. The summed E-state index contributed by atoms with van der Waals surface area (Å²) in [7, 11) is 1.55. The molecule has 0 unspecified atom stereocenters. The Balaban J connectivity index is 2.14. The summed E-state index contributed by atoms with van der Waals surface area (Å²) in [6.07, 6.45) is 1.54. The summed E-state index contributed by atoms with van der Waals surface area (Å²) in [6, 6.07) is 7.21. The fourth-order valence-electron chi connectivity index (χ4n) is 3.86. The van der Waals surface area contributed by atoms with Crippen LogP contribution >= 0.6 is 0 Å². The number of nitrogens with zero attached hydrogens (tertiary/aromatic N) is 1. The molecule has 0 N–H and O–H groups in total. The Morgan fingerprint density at radius 2 is 1.86 bits per heavy atom. The lowest BCUT2D eigenvalue weighted by Gasteiger charge is -2.47. The van der Waals surface area contributed by atoms with Crippen LogP contribution in [-0.4, -0.2) is 18.9 Å². The molecule has 0 radical (unpaired) electrons. The second kappa shape index (κ2) is 4.33. The minimum atomic E-state index is -0.494. The molecule has 1 aliphatic heterocycles. The monoisotopic (exact) mass is 287 g/mol. The minimum Gasteiger partial charge on any atom is -0.495 e. The second-order valence-electron chi connectivity index (χ2n) is 6.80. The van der Waals surface area contributed by atoms with E-state index in [9.17, 15) is 9.59 Å². The van der Waals surface area contributed by atoms with Gasteiger partial charge in [0.05, 0.1) is 18.2 Å². The normalized spacial score (nSPS) is 30.7. The predicted molar refractivity (Wildman–Crippen MR) is 80.1 cm³/mol. The lowest BCUT2D eigenvalue weighted by molar-refractivity contribution is -0.146. The van der Waals surface area contributed by atoms with Crippen LogP contribution in [0.5, 0.6) is 5.75 Å². The van der Waals surface area contributed by atoms with E-state index in [0.29, 0.717) is 11.4 Å². The maximum atomic E-state index is 13.0. The van der Waals surface area contributed by atoms with Crippen molar-refractivity contribution in [3.05, 3.63) is 24.3 Å². The zero-order valence-corrected chi connectivity index (χ0v) is 13.0. The van der Waals surface area contributed by atoms with Gasteiger partial charge in [-0.15, -0.1) is 0 Å². The Morgan fingerprint density at radius 3 is 2.52 bits per heavy atom. The number of rotatable bonds is 2. The highest BCUT2D eigenvalue weighted by Crippen LogP contribution is 2.60. The maximum absolute atomic E-state index is 13.0. The van der Waals surface area contributed by atoms with Crippen molar-refractivity contribution >= 4 is 17.5 Å². The number of hydrogen-bond acceptors (Lipinski definition) is 3. The first-order chi connectivity index (χ1) is 9.84. The molecule has 2 amide bonds. The first kappa shape index (κ1) is 14.1. The average molecular weight is 287 g/mol. The summed E-state index contributed by atoms with van der Waals surface area (Å²) >= 11 is 0. The molecule has 21 heavy (non-hydrogen) atoms. The molecule has 0 spiro atoms. The van der Waals surface area contributed by atoms with Crippen LogP contribution in [0.15, 0.2) is 24.3 Å². The number of anilines is 1. The largest absolute Gasteiger partial charge is 0.495 e. The number of imide groups is 1. The number of methoxy groups -OCH3 is 1. The molecule has 1 saturated carbocycles. The molecule has 1 aliphatic carbocycles. The number of benzene rings is 1. The number of piperidine rings is 1. The summed E-state index contributed by atoms with van der Waals surface area (Å²) in [5, 5.41) is 0. The van der Waals surface area contributed by atoms with Crippen LogP contribution in [0.25, 0.3) is 0 Å². The summed E-state index contributed by atoms with van der Waals surface area (Å²) in [5.41, 5.74) is -0.227. The number of hydrogen-bond donors (Lipinski definition) is 0. The van der Waals surface area contributed by atoms with Crippen molar-refractivity contribution in [2.45, 2.75) is 33.6 Å². The van der Waals surface area contributed by atoms with Gasteiger partial charge in [0.2, 0.25) is 11.8 Å². The molecule has 2 fully saturated rings. The van der Waals surface area contributed by atoms with E-state index < -0.39 is 5.41 Å². The van der Waals surface area contributed by atoms with Gasteiger partial charge in [0, 0.05) is 5.92 Å². The highest BCUT2D eigenvalue weighted by Gasteiger charge is 2.64. The Bertz CT molecular complexity index is 622. The van der Waals surface area contributed by atoms with Gasteiger partial charge in [-0.3, -0.25) is 9.59 Å². The third-order valence-electron chi connectivity index (χ3n) is 5.75. The van der Waals surface area contributed by atoms with Crippen LogP contribution in [0.3, 0.4) is 0 Å². The quantitative estimate of drug-likeness (QED) is 0.786.